The Morgan fingerprint density at radius 2 is 2.05 bits per heavy atom. The van der Waals surface area contributed by atoms with E-state index < -0.39 is 0 Å². The summed E-state index contributed by atoms with van der Waals surface area (Å²) < 4.78 is 2.20. The monoisotopic (exact) mass is 277 g/mol. The number of carbonyl (C=O) groups is 1. The fourth-order valence-corrected chi connectivity index (χ4v) is 3.13. The highest BCUT2D eigenvalue weighted by Crippen LogP contribution is 2.15. The first-order valence-electron chi connectivity index (χ1n) is 7.75. The third kappa shape index (κ3) is 3.63. The van der Waals surface area contributed by atoms with Gasteiger partial charge in [-0.05, 0) is 51.9 Å². The van der Waals surface area contributed by atoms with Crippen molar-refractivity contribution in [2.24, 2.45) is 0 Å². The fraction of sp³-hybridized carbons (Fsp3) is 0.688. The summed E-state index contributed by atoms with van der Waals surface area (Å²) in [5, 5.41) is 3.10. The quantitative estimate of drug-likeness (QED) is 0.864. The number of hydrogen-bond donors (Lipinski definition) is 1. The minimum absolute atomic E-state index is 0.167. The summed E-state index contributed by atoms with van der Waals surface area (Å²) in [6.07, 6.45) is 3.04. The van der Waals surface area contributed by atoms with Crippen molar-refractivity contribution < 1.29 is 4.79 Å². The molecule has 1 aliphatic rings. The molecule has 2 heterocycles. The Morgan fingerprint density at radius 1 is 1.35 bits per heavy atom. The molecule has 112 valence electrons. The van der Waals surface area contributed by atoms with E-state index in [1.807, 2.05) is 0 Å². The molecule has 1 aromatic rings. The molecule has 4 heteroatoms. The number of nitrogens with zero attached hydrogens (tertiary/aromatic N) is 2. The van der Waals surface area contributed by atoms with E-state index in [4.69, 9.17) is 0 Å². The van der Waals surface area contributed by atoms with Crippen molar-refractivity contribution in [2.45, 2.75) is 52.6 Å². The Labute approximate surface area is 122 Å². The molecular formula is C16H27N3O. The average molecular weight is 277 g/mol. The number of carbonyl (C=O) groups excluding carboxylic acids is 1. The lowest BCUT2D eigenvalue weighted by Crippen LogP contribution is -2.40. The zero-order chi connectivity index (χ0) is 14.5. The van der Waals surface area contributed by atoms with Crippen LogP contribution in [0.2, 0.25) is 0 Å². The molecule has 0 aromatic carbocycles. The first-order valence-corrected chi connectivity index (χ1v) is 7.75. The van der Waals surface area contributed by atoms with Gasteiger partial charge in [0.25, 0.3) is 0 Å². The molecule has 0 saturated carbocycles. The Kier molecular flexibility index (Phi) is 5.24. The summed E-state index contributed by atoms with van der Waals surface area (Å²) in [5.41, 5.74) is 2.45. The van der Waals surface area contributed by atoms with E-state index in [0.29, 0.717) is 12.5 Å². The highest BCUT2D eigenvalue weighted by Gasteiger charge is 2.22. The lowest BCUT2D eigenvalue weighted by atomic mass is 10.2. The lowest BCUT2D eigenvalue weighted by Gasteiger charge is -2.23. The molecule has 1 N–H and O–H groups in total. The van der Waals surface area contributed by atoms with Crippen LogP contribution in [0, 0.1) is 13.8 Å². The molecule has 2 rings (SSSR count). The van der Waals surface area contributed by atoms with Gasteiger partial charge in [0.05, 0.1) is 0 Å². The number of likely N-dealkylation sites (N-methyl/N-ethyl adjacent to an activating group) is 1. The van der Waals surface area contributed by atoms with Gasteiger partial charge in [-0.3, -0.25) is 9.69 Å². The molecule has 1 atom stereocenters. The third-order valence-electron chi connectivity index (χ3n) is 4.42. The van der Waals surface area contributed by atoms with Crippen LogP contribution in [0.5, 0.6) is 0 Å². The second-order valence-electron chi connectivity index (χ2n) is 5.75. The minimum Gasteiger partial charge on any atom is -0.354 e. The second kappa shape index (κ2) is 6.93. The Balaban J connectivity index is 1.73. The van der Waals surface area contributed by atoms with E-state index in [-0.39, 0.29) is 5.91 Å². The summed E-state index contributed by atoms with van der Waals surface area (Å²) in [5.74, 6) is 0.167. The first-order chi connectivity index (χ1) is 9.61. The Morgan fingerprint density at radius 3 is 2.70 bits per heavy atom. The van der Waals surface area contributed by atoms with E-state index in [1.54, 1.807) is 0 Å². The summed E-state index contributed by atoms with van der Waals surface area (Å²) in [6.45, 7) is 10.2. The van der Waals surface area contributed by atoms with Crippen LogP contribution in [0.3, 0.4) is 0 Å². The van der Waals surface area contributed by atoms with Crippen molar-refractivity contribution in [3.8, 4) is 0 Å². The first kappa shape index (κ1) is 15.1. The minimum atomic E-state index is 0.167. The van der Waals surface area contributed by atoms with Gasteiger partial charge in [-0.2, -0.15) is 0 Å². The molecule has 0 aliphatic carbocycles. The zero-order valence-electron chi connectivity index (χ0n) is 13.0. The van der Waals surface area contributed by atoms with Gasteiger partial charge in [0.1, 0.15) is 0 Å². The van der Waals surface area contributed by atoms with Gasteiger partial charge in [-0.15, -0.1) is 0 Å². The predicted octanol–water partition coefficient (Wildman–Crippen LogP) is 2.10. The number of amides is 1. The summed E-state index contributed by atoms with van der Waals surface area (Å²) in [6, 6.07) is 4.74. The van der Waals surface area contributed by atoms with E-state index in [2.05, 4.69) is 47.7 Å². The molecule has 1 aromatic heterocycles. The maximum atomic E-state index is 12.0. The zero-order valence-corrected chi connectivity index (χ0v) is 13.0. The molecule has 1 fully saturated rings. The van der Waals surface area contributed by atoms with Gasteiger partial charge in [0.15, 0.2) is 0 Å². The average Bonchev–Trinajstić information content (AvgIpc) is 3.01. The van der Waals surface area contributed by atoms with Crippen LogP contribution in [0.25, 0.3) is 0 Å². The van der Waals surface area contributed by atoms with Crippen LogP contribution in [0.1, 0.15) is 37.6 Å². The van der Waals surface area contributed by atoms with Crippen LogP contribution in [0.4, 0.5) is 0 Å². The number of aromatic nitrogens is 1. The number of hydrogen-bond acceptors (Lipinski definition) is 2. The van der Waals surface area contributed by atoms with Crippen molar-refractivity contribution in [1.82, 2.24) is 14.8 Å². The number of rotatable bonds is 6. The number of nitrogens with one attached hydrogen (secondary N) is 1. The number of aryl methyl sites for hydroxylation is 2. The molecule has 0 spiro atoms. The van der Waals surface area contributed by atoms with Crippen molar-refractivity contribution in [2.75, 3.05) is 19.6 Å². The van der Waals surface area contributed by atoms with Gasteiger partial charge in [-0.25, -0.2) is 0 Å². The van der Waals surface area contributed by atoms with Crippen molar-refractivity contribution in [1.29, 1.82) is 0 Å². The highest BCUT2D eigenvalue weighted by molar-refractivity contribution is 5.75. The van der Waals surface area contributed by atoms with E-state index in [1.165, 1.54) is 30.8 Å². The van der Waals surface area contributed by atoms with Crippen LogP contribution < -0.4 is 5.32 Å². The largest absolute Gasteiger partial charge is 0.354 e. The normalized spacial score (nSPS) is 19.4. The smallest absolute Gasteiger partial charge is 0.221 e. The van der Waals surface area contributed by atoms with Gasteiger partial charge in [-0.1, -0.05) is 6.92 Å². The van der Waals surface area contributed by atoms with E-state index in [9.17, 15) is 4.79 Å². The van der Waals surface area contributed by atoms with Gasteiger partial charge >= 0.3 is 0 Å². The Hall–Kier alpha value is -1.29. The highest BCUT2D eigenvalue weighted by atomic mass is 16.1. The molecule has 4 nitrogen and oxygen atoms in total. The molecule has 1 aliphatic heterocycles. The van der Waals surface area contributed by atoms with Gasteiger partial charge in [0, 0.05) is 36.9 Å². The SMILES string of the molecule is CCN1CCC[C@H]1CNC(=O)CCn1c(C)ccc1C. The molecule has 1 saturated heterocycles. The van der Waals surface area contributed by atoms with Crippen molar-refractivity contribution >= 4 is 5.91 Å². The molecule has 20 heavy (non-hydrogen) atoms. The fourth-order valence-electron chi connectivity index (χ4n) is 3.13. The molecule has 0 radical (unpaired) electrons. The standard InChI is InChI=1S/C16H27N3O/c1-4-18-10-5-6-15(18)12-17-16(20)9-11-19-13(2)7-8-14(19)3/h7-8,15H,4-6,9-12H2,1-3H3,(H,17,20)/t15-/m0/s1. The van der Waals surface area contributed by atoms with Crippen LogP contribution >= 0.6 is 0 Å². The van der Waals surface area contributed by atoms with Crippen molar-refractivity contribution in [3.63, 3.8) is 0 Å². The predicted molar refractivity (Wildman–Crippen MR) is 81.8 cm³/mol. The van der Waals surface area contributed by atoms with Crippen molar-refractivity contribution in [3.05, 3.63) is 23.5 Å². The molecular weight excluding hydrogens is 250 g/mol. The van der Waals surface area contributed by atoms with Crippen LogP contribution in [0.15, 0.2) is 12.1 Å². The summed E-state index contributed by atoms with van der Waals surface area (Å²) in [4.78, 5) is 14.4. The summed E-state index contributed by atoms with van der Waals surface area (Å²) >= 11 is 0. The van der Waals surface area contributed by atoms with E-state index in [0.717, 1.165) is 19.6 Å². The number of likely N-dealkylation sites (tertiary alicyclic amines) is 1. The maximum Gasteiger partial charge on any atom is 0.221 e. The van der Waals surface area contributed by atoms with Gasteiger partial charge in [0.2, 0.25) is 5.91 Å². The lowest BCUT2D eigenvalue weighted by molar-refractivity contribution is -0.121. The summed E-state index contributed by atoms with van der Waals surface area (Å²) in [7, 11) is 0. The van der Waals surface area contributed by atoms with E-state index >= 15 is 0 Å². The van der Waals surface area contributed by atoms with Crippen LogP contribution in [-0.2, 0) is 11.3 Å². The maximum absolute atomic E-state index is 12.0. The van der Waals surface area contributed by atoms with Gasteiger partial charge < -0.3 is 9.88 Å². The third-order valence-corrected chi connectivity index (χ3v) is 4.42. The van der Waals surface area contributed by atoms with Crippen LogP contribution in [-0.4, -0.2) is 41.1 Å². The molecule has 0 bridgehead atoms. The second-order valence-corrected chi connectivity index (χ2v) is 5.75. The molecule has 0 unspecified atom stereocenters. The Bertz CT molecular complexity index is 433. The topological polar surface area (TPSA) is 37.3 Å². The molecule has 1 amide bonds.